The van der Waals surface area contributed by atoms with Crippen molar-refractivity contribution in [1.29, 1.82) is 0 Å². The summed E-state index contributed by atoms with van der Waals surface area (Å²) < 4.78 is 39.5. The van der Waals surface area contributed by atoms with Gasteiger partial charge in [-0.2, -0.15) is 17.4 Å². The van der Waals surface area contributed by atoms with Crippen LogP contribution in [0, 0.1) is 5.41 Å². The van der Waals surface area contributed by atoms with Gasteiger partial charge in [-0.3, -0.25) is 0 Å². The minimum atomic E-state index is -3.39. The van der Waals surface area contributed by atoms with Gasteiger partial charge in [0.05, 0.1) is 18.3 Å². The molecule has 0 atom stereocenters. The first-order valence-electron chi connectivity index (χ1n) is 7.28. The molecule has 0 radical (unpaired) electrons. The molecule has 3 saturated heterocycles. The molecule has 0 amide bonds. The molecule has 0 aromatic heterocycles. The molecule has 3 aliphatic heterocycles. The molecule has 0 aromatic rings. The maximum absolute atomic E-state index is 12.2. The highest BCUT2D eigenvalue weighted by atomic mass is 32.2. The fourth-order valence-electron chi connectivity index (χ4n) is 3.21. The monoisotopic (exact) mass is 304 g/mol. The Morgan fingerprint density at radius 1 is 1.30 bits per heavy atom. The molecule has 1 saturated carbocycles. The predicted molar refractivity (Wildman–Crippen MR) is 74.6 cm³/mol. The van der Waals surface area contributed by atoms with E-state index in [1.807, 2.05) is 0 Å². The van der Waals surface area contributed by atoms with Crippen molar-refractivity contribution in [3.05, 3.63) is 0 Å². The van der Waals surface area contributed by atoms with Gasteiger partial charge >= 0.3 is 0 Å². The topological polar surface area (TPSA) is 67.9 Å². The summed E-state index contributed by atoms with van der Waals surface area (Å²) in [6.45, 7) is 4.28. The number of ether oxygens (including phenoxy) is 2. The van der Waals surface area contributed by atoms with Gasteiger partial charge in [0.1, 0.15) is 0 Å². The molecular weight excluding hydrogens is 280 g/mol. The Balaban J connectivity index is 1.55. The first-order chi connectivity index (χ1) is 9.37. The highest BCUT2D eigenvalue weighted by Crippen LogP contribution is 2.48. The molecule has 4 rings (SSSR count). The van der Waals surface area contributed by atoms with Crippen LogP contribution in [0.3, 0.4) is 0 Å². The Morgan fingerprint density at radius 2 is 1.95 bits per heavy atom. The van der Waals surface area contributed by atoms with Gasteiger partial charge in [-0.25, -0.2) is 0 Å². The van der Waals surface area contributed by atoms with E-state index in [4.69, 9.17) is 9.47 Å². The van der Waals surface area contributed by atoms with Gasteiger partial charge in [-0.1, -0.05) is 6.92 Å². The third-order valence-electron chi connectivity index (χ3n) is 5.16. The fourth-order valence-corrected chi connectivity index (χ4v) is 4.57. The standard InChI is InChI=1S/C13H24N2O4S/c1-12-3-5-13(6-4-12,19-10-12)9-14-20(16,17)15-7-11(8-15)18-2/h11,14H,3-10H2,1-2H3. The van der Waals surface area contributed by atoms with Gasteiger partial charge < -0.3 is 9.47 Å². The lowest BCUT2D eigenvalue weighted by atomic mass is 9.67. The summed E-state index contributed by atoms with van der Waals surface area (Å²) in [4.78, 5) is 0. The molecule has 6 nitrogen and oxygen atoms in total. The van der Waals surface area contributed by atoms with E-state index in [1.165, 1.54) is 4.31 Å². The van der Waals surface area contributed by atoms with Gasteiger partial charge in [0.15, 0.2) is 0 Å². The van der Waals surface area contributed by atoms with Crippen molar-refractivity contribution in [3.8, 4) is 0 Å². The summed E-state index contributed by atoms with van der Waals surface area (Å²) in [7, 11) is -1.78. The van der Waals surface area contributed by atoms with E-state index >= 15 is 0 Å². The molecule has 3 heterocycles. The van der Waals surface area contributed by atoms with E-state index in [2.05, 4.69) is 11.6 Å². The lowest BCUT2D eigenvalue weighted by Crippen LogP contribution is -2.61. The van der Waals surface area contributed by atoms with Crippen LogP contribution in [0.1, 0.15) is 32.6 Å². The van der Waals surface area contributed by atoms with Gasteiger partial charge in [-0.05, 0) is 31.1 Å². The van der Waals surface area contributed by atoms with Crippen LogP contribution in [0.2, 0.25) is 0 Å². The van der Waals surface area contributed by atoms with Gasteiger partial charge in [0, 0.05) is 26.7 Å². The van der Waals surface area contributed by atoms with Crippen molar-refractivity contribution in [2.75, 3.05) is 33.4 Å². The fraction of sp³-hybridized carbons (Fsp3) is 1.00. The normalized spacial score (nSPS) is 38.9. The second-order valence-corrected chi connectivity index (χ2v) is 8.54. The SMILES string of the molecule is COC1CN(S(=O)(=O)NCC23CCC(C)(CC2)CO3)C1. The van der Waals surface area contributed by atoms with Crippen molar-refractivity contribution in [2.45, 2.75) is 44.3 Å². The Hall–Kier alpha value is -0.210. The molecule has 4 aliphatic rings. The highest BCUT2D eigenvalue weighted by molar-refractivity contribution is 7.87. The molecule has 2 bridgehead atoms. The predicted octanol–water partition coefficient (Wildman–Crippen LogP) is 0.501. The van der Waals surface area contributed by atoms with E-state index in [1.54, 1.807) is 7.11 Å². The smallest absolute Gasteiger partial charge is 0.279 e. The lowest BCUT2D eigenvalue weighted by Gasteiger charge is -2.52. The Bertz CT molecular complexity index is 448. The van der Waals surface area contributed by atoms with E-state index in [0.29, 0.717) is 25.0 Å². The zero-order chi connectivity index (χ0) is 14.4. The minimum absolute atomic E-state index is 0.0334. The number of hydrogen-bond acceptors (Lipinski definition) is 4. The number of nitrogens with zero attached hydrogens (tertiary/aromatic N) is 1. The van der Waals surface area contributed by atoms with Crippen LogP contribution in [-0.4, -0.2) is 57.8 Å². The summed E-state index contributed by atoms with van der Waals surface area (Å²) in [5.74, 6) is 0. The summed E-state index contributed by atoms with van der Waals surface area (Å²) in [5.41, 5.74) is 0.0279. The van der Waals surface area contributed by atoms with Crippen molar-refractivity contribution < 1.29 is 17.9 Å². The van der Waals surface area contributed by atoms with Gasteiger partial charge in [-0.15, -0.1) is 0 Å². The number of rotatable bonds is 5. The van der Waals surface area contributed by atoms with Crippen LogP contribution in [0.15, 0.2) is 0 Å². The van der Waals surface area contributed by atoms with Crippen molar-refractivity contribution >= 4 is 10.2 Å². The first kappa shape index (κ1) is 14.7. The van der Waals surface area contributed by atoms with Crippen molar-refractivity contribution in [3.63, 3.8) is 0 Å². The lowest BCUT2D eigenvalue weighted by molar-refractivity contribution is -0.173. The molecule has 4 fully saturated rings. The average molecular weight is 304 g/mol. The molecule has 0 spiro atoms. The maximum Gasteiger partial charge on any atom is 0.279 e. The Kier molecular flexibility index (Phi) is 3.62. The first-order valence-corrected chi connectivity index (χ1v) is 8.72. The maximum atomic E-state index is 12.2. The summed E-state index contributed by atoms with van der Waals surface area (Å²) in [6, 6.07) is 0. The van der Waals surface area contributed by atoms with E-state index < -0.39 is 10.2 Å². The van der Waals surface area contributed by atoms with Crippen LogP contribution in [0.25, 0.3) is 0 Å². The number of methoxy groups -OCH3 is 1. The summed E-state index contributed by atoms with van der Waals surface area (Å²) in [6.07, 6.45) is 4.19. The van der Waals surface area contributed by atoms with Crippen LogP contribution in [0.5, 0.6) is 0 Å². The second kappa shape index (κ2) is 4.91. The number of fused-ring (bicyclic) bond motifs is 3. The summed E-state index contributed by atoms with van der Waals surface area (Å²) >= 11 is 0. The third-order valence-corrected chi connectivity index (χ3v) is 6.65. The quantitative estimate of drug-likeness (QED) is 0.803. The van der Waals surface area contributed by atoms with Crippen molar-refractivity contribution in [2.24, 2.45) is 5.41 Å². The zero-order valence-corrected chi connectivity index (χ0v) is 13.0. The second-order valence-electron chi connectivity index (χ2n) is 6.78. The van der Waals surface area contributed by atoms with Crippen LogP contribution < -0.4 is 4.72 Å². The van der Waals surface area contributed by atoms with Gasteiger partial charge in [0.2, 0.25) is 0 Å². The Morgan fingerprint density at radius 3 is 2.45 bits per heavy atom. The van der Waals surface area contributed by atoms with E-state index in [-0.39, 0.29) is 11.7 Å². The number of nitrogens with one attached hydrogen (secondary N) is 1. The molecule has 0 aromatic carbocycles. The minimum Gasteiger partial charge on any atom is -0.379 e. The van der Waals surface area contributed by atoms with Gasteiger partial charge in [0.25, 0.3) is 10.2 Å². The van der Waals surface area contributed by atoms with E-state index in [0.717, 1.165) is 32.3 Å². The van der Waals surface area contributed by atoms with E-state index in [9.17, 15) is 8.42 Å². The van der Waals surface area contributed by atoms with Crippen molar-refractivity contribution in [1.82, 2.24) is 9.03 Å². The molecular formula is C13H24N2O4S. The van der Waals surface area contributed by atoms with Crippen LogP contribution in [0.4, 0.5) is 0 Å². The number of hydrogen-bond donors (Lipinski definition) is 1. The molecule has 1 aliphatic carbocycles. The Labute approximate surface area is 121 Å². The average Bonchev–Trinajstić information content (AvgIpc) is 2.37. The molecule has 7 heteroatoms. The van der Waals surface area contributed by atoms with Crippen LogP contribution in [-0.2, 0) is 19.7 Å². The molecule has 0 unspecified atom stereocenters. The molecule has 20 heavy (non-hydrogen) atoms. The zero-order valence-electron chi connectivity index (χ0n) is 12.2. The highest BCUT2D eigenvalue weighted by Gasteiger charge is 2.48. The third kappa shape index (κ3) is 2.62. The molecule has 116 valence electrons. The summed E-state index contributed by atoms with van der Waals surface area (Å²) in [5, 5.41) is 0. The largest absolute Gasteiger partial charge is 0.379 e. The van der Waals surface area contributed by atoms with Crippen LogP contribution >= 0.6 is 0 Å². The molecule has 1 N–H and O–H groups in total.